The molecule has 5 nitrogen and oxygen atoms in total. The largest absolute Gasteiger partial charge is 0.385 e. The van der Waals surface area contributed by atoms with Crippen molar-refractivity contribution in [3.63, 3.8) is 0 Å². The van der Waals surface area contributed by atoms with Crippen molar-refractivity contribution in [1.29, 1.82) is 0 Å². The predicted molar refractivity (Wildman–Crippen MR) is 130 cm³/mol. The van der Waals surface area contributed by atoms with Gasteiger partial charge >= 0.3 is 0 Å². The van der Waals surface area contributed by atoms with Crippen molar-refractivity contribution >= 4 is 11.4 Å². The fraction of sp³-hybridized carbons (Fsp3) is 0.577. The first-order valence-electron chi connectivity index (χ1n) is 12.1. The van der Waals surface area contributed by atoms with Crippen molar-refractivity contribution in [3.05, 3.63) is 64.0 Å². The zero-order valence-electron chi connectivity index (χ0n) is 19.2. The fourth-order valence-corrected chi connectivity index (χ4v) is 3.89. The number of pyridine rings is 1. The number of nitro benzene ring substituents is 1. The zero-order chi connectivity index (χ0) is 22.2. The van der Waals surface area contributed by atoms with Crippen LogP contribution in [0, 0.1) is 10.1 Å². The average Bonchev–Trinajstić information content (AvgIpc) is 2.78. The minimum Gasteiger partial charge on any atom is -0.385 e. The minimum atomic E-state index is -0.298. The van der Waals surface area contributed by atoms with Gasteiger partial charge in [0.1, 0.15) is 0 Å². The van der Waals surface area contributed by atoms with Gasteiger partial charge in [-0.25, -0.2) is 0 Å². The molecule has 0 radical (unpaired) electrons. The molecule has 0 aliphatic rings. The first-order chi connectivity index (χ1) is 15.2. The van der Waals surface area contributed by atoms with Gasteiger partial charge in [0.05, 0.1) is 4.92 Å². The molecule has 0 bridgehead atoms. The standard InChI is InChI=1S/C26H39N3O2/c1-2-3-4-5-6-7-8-9-10-11-12-14-19-28-25-18-17-23(26(22-25)29(30)31)21-24-16-13-15-20-27-24/h13,15-18,20,22,28H,2-12,14,19,21H2,1H3. The first-order valence-corrected chi connectivity index (χ1v) is 12.1. The van der Waals surface area contributed by atoms with Crippen molar-refractivity contribution in [1.82, 2.24) is 4.98 Å². The van der Waals surface area contributed by atoms with Crippen LogP contribution in [0.2, 0.25) is 0 Å². The maximum absolute atomic E-state index is 11.5. The van der Waals surface area contributed by atoms with E-state index in [0.717, 1.165) is 24.3 Å². The Hall–Kier alpha value is -2.43. The average molecular weight is 426 g/mol. The van der Waals surface area contributed by atoms with Crippen LogP contribution >= 0.6 is 0 Å². The van der Waals surface area contributed by atoms with Gasteiger partial charge < -0.3 is 5.32 Å². The number of benzene rings is 1. The quantitative estimate of drug-likeness (QED) is 0.160. The molecule has 0 amide bonds. The van der Waals surface area contributed by atoms with Gasteiger partial charge in [-0.15, -0.1) is 0 Å². The summed E-state index contributed by atoms with van der Waals surface area (Å²) in [6.07, 6.45) is 18.1. The molecule has 1 N–H and O–H groups in total. The molecular formula is C26H39N3O2. The Morgan fingerprint density at radius 1 is 0.871 bits per heavy atom. The van der Waals surface area contributed by atoms with E-state index in [9.17, 15) is 10.1 Å². The fourth-order valence-electron chi connectivity index (χ4n) is 3.89. The predicted octanol–water partition coefficient (Wildman–Crippen LogP) is 7.69. The normalized spacial score (nSPS) is 10.9. The lowest BCUT2D eigenvalue weighted by molar-refractivity contribution is -0.385. The van der Waals surface area contributed by atoms with Crippen LogP contribution < -0.4 is 5.32 Å². The molecule has 0 aliphatic carbocycles. The second-order valence-electron chi connectivity index (χ2n) is 8.41. The van der Waals surface area contributed by atoms with E-state index in [1.165, 1.54) is 70.6 Å². The van der Waals surface area contributed by atoms with E-state index in [4.69, 9.17) is 0 Å². The summed E-state index contributed by atoms with van der Waals surface area (Å²) < 4.78 is 0. The van der Waals surface area contributed by atoms with Crippen LogP contribution in [0.4, 0.5) is 11.4 Å². The lowest BCUT2D eigenvalue weighted by Gasteiger charge is -2.09. The molecule has 0 saturated carbocycles. The summed E-state index contributed by atoms with van der Waals surface area (Å²) in [6, 6.07) is 11.1. The van der Waals surface area contributed by atoms with Crippen LogP contribution in [0.3, 0.4) is 0 Å². The Balaban J connectivity index is 1.61. The third-order valence-electron chi connectivity index (χ3n) is 5.74. The molecule has 0 spiro atoms. The highest BCUT2D eigenvalue weighted by Crippen LogP contribution is 2.25. The summed E-state index contributed by atoms with van der Waals surface area (Å²) in [5.41, 5.74) is 2.51. The van der Waals surface area contributed by atoms with Crippen LogP contribution in [0.5, 0.6) is 0 Å². The molecule has 2 aromatic rings. The van der Waals surface area contributed by atoms with Crippen molar-refractivity contribution in [2.24, 2.45) is 0 Å². The number of hydrogen-bond acceptors (Lipinski definition) is 4. The van der Waals surface area contributed by atoms with E-state index >= 15 is 0 Å². The topological polar surface area (TPSA) is 68.1 Å². The lowest BCUT2D eigenvalue weighted by atomic mass is 10.1. The molecule has 170 valence electrons. The van der Waals surface area contributed by atoms with Crippen LogP contribution in [0.1, 0.15) is 95.2 Å². The first kappa shape index (κ1) is 24.8. The van der Waals surface area contributed by atoms with Gasteiger partial charge in [0.2, 0.25) is 0 Å². The molecule has 5 heteroatoms. The van der Waals surface area contributed by atoms with Crippen LogP contribution in [-0.4, -0.2) is 16.5 Å². The van der Waals surface area contributed by atoms with Gasteiger partial charge in [-0.05, 0) is 30.7 Å². The highest BCUT2D eigenvalue weighted by atomic mass is 16.6. The van der Waals surface area contributed by atoms with Gasteiger partial charge in [0.15, 0.2) is 0 Å². The molecule has 2 rings (SSSR count). The van der Waals surface area contributed by atoms with E-state index < -0.39 is 0 Å². The second-order valence-corrected chi connectivity index (χ2v) is 8.41. The number of hydrogen-bond donors (Lipinski definition) is 1. The van der Waals surface area contributed by atoms with Gasteiger partial charge in [-0.1, -0.05) is 83.6 Å². The van der Waals surface area contributed by atoms with E-state index in [0.29, 0.717) is 12.0 Å². The third kappa shape index (κ3) is 10.4. The number of nitrogens with one attached hydrogen (secondary N) is 1. The minimum absolute atomic E-state index is 0.158. The van der Waals surface area contributed by atoms with Crippen molar-refractivity contribution in [2.75, 3.05) is 11.9 Å². The monoisotopic (exact) mass is 425 g/mol. The molecule has 0 aliphatic heterocycles. The maximum Gasteiger partial charge on any atom is 0.275 e. The van der Waals surface area contributed by atoms with Crippen LogP contribution in [0.25, 0.3) is 0 Å². The van der Waals surface area contributed by atoms with E-state index in [-0.39, 0.29) is 10.6 Å². The smallest absolute Gasteiger partial charge is 0.275 e. The Labute approximate surface area is 187 Å². The zero-order valence-corrected chi connectivity index (χ0v) is 19.2. The van der Waals surface area contributed by atoms with Gasteiger partial charge in [-0.2, -0.15) is 0 Å². The summed E-state index contributed by atoms with van der Waals surface area (Å²) in [6.45, 7) is 3.12. The summed E-state index contributed by atoms with van der Waals surface area (Å²) in [5, 5.41) is 14.9. The Kier molecular flexibility index (Phi) is 12.3. The summed E-state index contributed by atoms with van der Waals surface area (Å²) in [5.74, 6) is 0. The third-order valence-corrected chi connectivity index (χ3v) is 5.74. The van der Waals surface area contributed by atoms with Crippen LogP contribution in [0.15, 0.2) is 42.6 Å². The van der Waals surface area contributed by atoms with Gasteiger partial charge in [0.25, 0.3) is 5.69 Å². The van der Waals surface area contributed by atoms with Gasteiger partial charge in [0, 0.05) is 42.2 Å². The number of nitrogens with zero attached hydrogens (tertiary/aromatic N) is 2. The molecule has 1 aromatic carbocycles. The lowest BCUT2D eigenvalue weighted by Crippen LogP contribution is -2.04. The maximum atomic E-state index is 11.5. The molecule has 0 atom stereocenters. The van der Waals surface area contributed by atoms with E-state index in [2.05, 4.69) is 17.2 Å². The number of rotatable bonds is 17. The highest BCUT2D eigenvalue weighted by Gasteiger charge is 2.15. The van der Waals surface area contributed by atoms with Gasteiger partial charge in [-0.3, -0.25) is 15.1 Å². The molecule has 0 saturated heterocycles. The Morgan fingerprint density at radius 3 is 2.10 bits per heavy atom. The number of unbranched alkanes of at least 4 members (excludes halogenated alkanes) is 11. The number of anilines is 1. The molecule has 31 heavy (non-hydrogen) atoms. The molecular weight excluding hydrogens is 386 g/mol. The Morgan fingerprint density at radius 2 is 1.52 bits per heavy atom. The second kappa shape index (κ2) is 15.4. The highest BCUT2D eigenvalue weighted by molar-refractivity contribution is 5.56. The van der Waals surface area contributed by atoms with E-state index in [1.54, 1.807) is 12.3 Å². The van der Waals surface area contributed by atoms with Crippen LogP contribution in [-0.2, 0) is 6.42 Å². The molecule has 1 heterocycles. The molecule has 0 fully saturated rings. The molecule has 1 aromatic heterocycles. The SMILES string of the molecule is CCCCCCCCCCCCCCNc1ccc(Cc2ccccn2)c([N+](=O)[O-])c1. The summed E-state index contributed by atoms with van der Waals surface area (Å²) >= 11 is 0. The Bertz CT molecular complexity index is 750. The summed E-state index contributed by atoms with van der Waals surface area (Å²) in [7, 11) is 0. The molecule has 0 unspecified atom stereocenters. The number of nitro groups is 1. The number of aromatic nitrogens is 1. The summed E-state index contributed by atoms with van der Waals surface area (Å²) in [4.78, 5) is 15.5. The van der Waals surface area contributed by atoms with Crippen molar-refractivity contribution in [2.45, 2.75) is 90.4 Å². The van der Waals surface area contributed by atoms with Crippen molar-refractivity contribution in [3.8, 4) is 0 Å². The van der Waals surface area contributed by atoms with Crippen molar-refractivity contribution < 1.29 is 4.92 Å². The van der Waals surface area contributed by atoms with E-state index in [1.807, 2.05) is 30.3 Å².